The summed E-state index contributed by atoms with van der Waals surface area (Å²) in [4.78, 5) is 0. The van der Waals surface area contributed by atoms with Crippen molar-refractivity contribution in [2.24, 2.45) is 5.92 Å². The molecule has 0 spiro atoms. The predicted octanol–water partition coefficient (Wildman–Crippen LogP) is 4.11. The predicted molar refractivity (Wildman–Crippen MR) is 82.8 cm³/mol. The smallest absolute Gasteiger partial charge is 0.116 e. The zero-order chi connectivity index (χ0) is 14.0. The van der Waals surface area contributed by atoms with Crippen LogP contribution < -0.4 is 5.32 Å². The van der Waals surface area contributed by atoms with Crippen LogP contribution >= 0.6 is 0 Å². The first-order valence-electron chi connectivity index (χ1n) is 7.53. The van der Waals surface area contributed by atoms with Crippen molar-refractivity contribution in [2.45, 2.75) is 31.9 Å². The standard InChI is InChI=1S/C18H22FN/c1-18(19,16-9-5-11-20-13-16)12-15-8-4-7-14-6-2-3-10-17(14)15/h2-4,6-8,10,16,20H,5,9,11-13H2,1H3. The minimum Gasteiger partial charge on any atom is -0.316 e. The lowest BCUT2D eigenvalue weighted by molar-refractivity contribution is 0.0837. The van der Waals surface area contributed by atoms with E-state index in [0.717, 1.165) is 31.5 Å². The monoisotopic (exact) mass is 271 g/mol. The molecule has 0 aliphatic carbocycles. The largest absolute Gasteiger partial charge is 0.316 e. The molecule has 106 valence electrons. The van der Waals surface area contributed by atoms with E-state index in [1.54, 1.807) is 6.92 Å². The molecule has 1 nitrogen and oxygen atoms in total. The first kappa shape index (κ1) is 13.6. The maximum absolute atomic E-state index is 15.1. The Morgan fingerprint density at radius 1 is 1.20 bits per heavy atom. The van der Waals surface area contributed by atoms with E-state index in [0.29, 0.717) is 6.42 Å². The van der Waals surface area contributed by atoms with Crippen LogP contribution in [0.5, 0.6) is 0 Å². The van der Waals surface area contributed by atoms with Crippen molar-refractivity contribution >= 4 is 10.8 Å². The molecule has 0 saturated carbocycles. The van der Waals surface area contributed by atoms with Gasteiger partial charge in [-0.3, -0.25) is 0 Å². The fourth-order valence-corrected chi connectivity index (χ4v) is 3.33. The molecule has 2 atom stereocenters. The number of halogens is 1. The number of alkyl halides is 1. The van der Waals surface area contributed by atoms with Gasteiger partial charge in [0.15, 0.2) is 0 Å². The van der Waals surface area contributed by atoms with Crippen LogP contribution in [0.1, 0.15) is 25.3 Å². The molecule has 0 bridgehead atoms. The molecule has 1 fully saturated rings. The van der Waals surface area contributed by atoms with Gasteiger partial charge in [0.1, 0.15) is 5.67 Å². The minimum atomic E-state index is -1.14. The normalized spacial score (nSPS) is 22.6. The average Bonchev–Trinajstić information content (AvgIpc) is 2.48. The summed E-state index contributed by atoms with van der Waals surface area (Å²) in [7, 11) is 0. The van der Waals surface area contributed by atoms with E-state index >= 15 is 4.39 Å². The Kier molecular flexibility index (Phi) is 3.75. The second kappa shape index (κ2) is 5.53. The fourth-order valence-electron chi connectivity index (χ4n) is 3.33. The number of hydrogen-bond donors (Lipinski definition) is 1. The SMILES string of the molecule is CC(F)(Cc1cccc2ccccc12)C1CCCNC1. The van der Waals surface area contributed by atoms with Gasteiger partial charge in [-0.15, -0.1) is 0 Å². The second-order valence-electron chi connectivity index (χ2n) is 6.14. The van der Waals surface area contributed by atoms with Crippen LogP contribution in [0.3, 0.4) is 0 Å². The molecule has 1 saturated heterocycles. The maximum Gasteiger partial charge on any atom is 0.116 e. The lowest BCUT2D eigenvalue weighted by Crippen LogP contribution is -2.42. The third-order valence-corrected chi connectivity index (χ3v) is 4.56. The van der Waals surface area contributed by atoms with Gasteiger partial charge in [0.25, 0.3) is 0 Å². The summed E-state index contributed by atoms with van der Waals surface area (Å²) in [6.45, 7) is 3.60. The number of rotatable bonds is 3. The Labute approximate surface area is 120 Å². The quantitative estimate of drug-likeness (QED) is 0.886. The van der Waals surface area contributed by atoms with Crippen molar-refractivity contribution in [2.75, 3.05) is 13.1 Å². The minimum absolute atomic E-state index is 0.121. The third kappa shape index (κ3) is 2.71. The Morgan fingerprint density at radius 3 is 2.80 bits per heavy atom. The zero-order valence-corrected chi connectivity index (χ0v) is 12.0. The summed E-state index contributed by atoms with van der Waals surface area (Å²) in [5.41, 5.74) is -0.0176. The van der Waals surface area contributed by atoms with Gasteiger partial charge in [0, 0.05) is 18.9 Å². The summed E-state index contributed by atoms with van der Waals surface area (Å²) in [6, 6.07) is 14.5. The number of benzene rings is 2. The molecule has 1 heterocycles. The number of piperidine rings is 1. The lowest BCUT2D eigenvalue weighted by atomic mass is 9.80. The molecule has 1 N–H and O–H groups in total. The van der Waals surface area contributed by atoms with Crippen LogP contribution in [-0.2, 0) is 6.42 Å². The van der Waals surface area contributed by atoms with E-state index < -0.39 is 5.67 Å². The molecular formula is C18H22FN. The van der Waals surface area contributed by atoms with Crippen molar-refractivity contribution in [3.8, 4) is 0 Å². The Bertz CT molecular complexity index is 579. The van der Waals surface area contributed by atoms with E-state index in [4.69, 9.17) is 0 Å². The van der Waals surface area contributed by atoms with Gasteiger partial charge in [0.05, 0.1) is 0 Å². The van der Waals surface area contributed by atoms with Crippen LogP contribution in [0.25, 0.3) is 10.8 Å². The van der Waals surface area contributed by atoms with E-state index in [1.165, 1.54) is 10.8 Å². The number of fused-ring (bicyclic) bond motifs is 1. The van der Waals surface area contributed by atoms with Crippen LogP contribution in [-0.4, -0.2) is 18.8 Å². The molecule has 3 rings (SSSR count). The van der Waals surface area contributed by atoms with Gasteiger partial charge in [-0.25, -0.2) is 4.39 Å². The molecule has 2 aromatic rings. The molecule has 0 aromatic heterocycles. The van der Waals surface area contributed by atoms with Gasteiger partial charge in [-0.05, 0) is 42.6 Å². The van der Waals surface area contributed by atoms with E-state index in [9.17, 15) is 0 Å². The first-order chi connectivity index (χ1) is 9.67. The van der Waals surface area contributed by atoms with Crippen LogP contribution in [0, 0.1) is 5.92 Å². The lowest BCUT2D eigenvalue weighted by Gasteiger charge is -2.34. The van der Waals surface area contributed by atoms with E-state index in [1.807, 2.05) is 18.2 Å². The summed E-state index contributed by atoms with van der Waals surface area (Å²) < 4.78 is 15.1. The van der Waals surface area contributed by atoms with Gasteiger partial charge < -0.3 is 5.32 Å². The summed E-state index contributed by atoms with van der Waals surface area (Å²) in [5, 5.41) is 5.70. The molecule has 0 radical (unpaired) electrons. The highest BCUT2D eigenvalue weighted by atomic mass is 19.1. The average molecular weight is 271 g/mol. The van der Waals surface area contributed by atoms with Crippen molar-refractivity contribution in [3.63, 3.8) is 0 Å². The van der Waals surface area contributed by atoms with Gasteiger partial charge in [0.2, 0.25) is 0 Å². The van der Waals surface area contributed by atoms with Gasteiger partial charge in [-0.1, -0.05) is 42.5 Å². The summed E-state index contributed by atoms with van der Waals surface area (Å²) >= 11 is 0. The molecule has 2 aromatic carbocycles. The van der Waals surface area contributed by atoms with Crippen LogP contribution in [0.15, 0.2) is 42.5 Å². The van der Waals surface area contributed by atoms with Crippen molar-refractivity contribution in [1.29, 1.82) is 0 Å². The third-order valence-electron chi connectivity index (χ3n) is 4.56. The second-order valence-corrected chi connectivity index (χ2v) is 6.14. The highest BCUT2D eigenvalue weighted by molar-refractivity contribution is 5.85. The van der Waals surface area contributed by atoms with Crippen molar-refractivity contribution in [3.05, 3.63) is 48.0 Å². The van der Waals surface area contributed by atoms with Gasteiger partial charge in [-0.2, -0.15) is 0 Å². The fraction of sp³-hybridized carbons (Fsp3) is 0.444. The van der Waals surface area contributed by atoms with Crippen molar-refractivity contribution in [1.82, 2.24) is 5.32 Å². The molecule has 2 unspecified atom stereocenters. The number of hydrogen-bond acceptors (Lipinski definition) is 1. The summed E-state index contributed by atoms with van der Waals surface area (Å²) in [5.74, 6) is 0.121. The van der Waals surface area contributed by atoms with Crippen molar-refractivity contribution < 1.29 is 4.39 Å². The number of nitrogens with one attached hydrogen (secondary N) is 1. The molecule has 20 heavy (non-hydrogen) atoms. The highest BCUT2D eigenvalue weighted by Gasteiger charge is 2.35. The summed E-state index contributed by atoms with van der Waals surface area (Å²) in [6.07, 6.45) is 2.57. The molecule has 1 aliphatic heterocycles. The maximum atomic E-state index is 15.1. The Morgan fingerprint density at radius 2 is 2.00 bits per heavy atom. The first-order valence-corrected chi connectivity index (χ1v) is 7.53. The van der Waals surface area contributed by atoms with Gasteiger partial charge >= 0.3 is 0 Å². The molecule has 2 heteroatoms. The molecular weight excluding hydrogens is 249 g/mol. The topological polar surface area (TPSA) is 12.0 Å². The van der Waals surface area contributed by atoms with Crippen LogP contribution in [0.4, 0.5) is 4.39 Å². The Hall–Kier alpha value is -1.41. The zero-order valence-electron chi connectivity index (χ0n) is 12.0. The van der Waals surface area contributed by atoms with E-state index in [-0.39, 0.29) is 5.92 Å². The highest BCUT2D eigenvalue weighted by Crippen LogP contribution is 2.33. The van der Waals surface area contributed by atoms with Crippen LogP contribution in [0.2, 0.25) is 0 Å². The molecule has 1 aliphatic rings. The van der Waals surface area contributed by atoms with E-state index in [2.05, 4.69) is 29.6 Å². The Balaban J connectivity index is 1.88. The molecule has 0 amide bonds.